The minimum atomic E-state index is 0.680. The van der Waals surface area contributed by atoms with E-state index in [0.29, 0.717) is 11.7 Å². The molecule has 1 aromatic rings. The number of nitrogens with one attached hydrogen (secondary N) is 2. The fourth-order valence-electron chi connectivity index (χ4n) is 1.95. The van der Waals surface area contributed by atoms with Crippen molar-refractivity contribution in [2.45, 2.75) is 40.3 Å². The lowest BCUT2D eigenvalue weighted by Crippen LogP contribution is -2.35. The molecule has 5 nitrogen and oxygen atoms in total. The molecule has 0 amide bonds. The molecule has 108 valence electrons. The van der Waals surface area contributed by atoms with Crippen molar-refractivity contribution in [3.63, 3.8) is 0 Å². The first-order valence-corrected chi connectivity index (χ1v) is 7.04. The van der Waals surface area contributed by atoms with Crippen LogP contribution in [0, 0.1) is 13.8 Å². The molecular weight excluding hydrogens is 260 g/mol. The zero-order chi connectivity index (χ0) is 14.3. The molecule has 19 heavy (non-hydrogen) atoms. The van der Waals surface area contributed by atoms with E-state index in [1.165, 1.54) is 11.3 Å². The van der Waals surface area contributed by atoms with E-state index in [0.717, 1.165) is 31.8 Å². The Morgan fingerprint density at radius 3 is 2.68 bits per heavy atom. The lowest BCUT2D eigenvalue weighted by molar-refractivity contribution is 0.195. The third-order valence-corrected chi connectivity index (χ3v) is 3.36. The van der Waals surface area contributed by atoms with E-state index >= 15 is 0 Å². The minimum Gasteiger partial charge on any atom is -0.385 e. The predicted octanol–water partition coefficient (Wildman–Crippen LogP) is 1.52. The van der Waals surface area contributed by atoms with Crippen LogP contribution in [0.25, 0.3) is 0 Å². The molecule has 1 rings (SSSR count). The number of nitrogens with zero attached hydrogens (tertiary/aromatic N) is 2. The zero-order valence-corrected chi connectivity index (χ0v) is 13.1. The molecular formula is C13H24N4OS. The number of ether oxygens (including phenoxy) is 1. The summed E-state index contributed by atoms with van der Waals surface area (Å²) < 4.78 is 7.00. The highest BCUT2D eigenvalue weighted by molar-refractivity contribution is 7.80. The van der Waals surface area contributed by atoms with Gasteiger partial charge in [-0.2, -0.15) is 5.10 Å². The third-order valence-electron chi connectivity index (χ3n) is 3.07. The number of hydrogen-bond acceptors (Lipinski definition) is 3. The second kappa shape index (κ2) is 8.12. The standard InChI is InChI=1S/C13H24N4OS/c1-5-17-11(3)12(10(2)16-17)9-15-13(19)14-7-6-8-18-4/h5-9H2,1-4H3,(H2,14,15,19). The summed E-state index contributed by atoms with van der Waals surface area (Å²) in [6.45, 7) is 9.41. The summed E-state index contributed by atoms with van der Waals surface area (Å²) in [5, 5.41) is 11.6. The Labute approximate surface area is 120 Å². The summed E-state index contributed by atoms with van der Waals surface area (Å²) in [6.07, 6.45) is 0.949. The summed E-state index contributed by atoms with van der Waals surface area (Å²) in [6, 6.07) is 0. The number of rotatable bonds is 7. The molecule has 0 bridgehead atoms. The van der Waals surface area contributed by atoms with Gasteiger partial charge in [-0.1, -0.05) is 0 Å². The molecule has 0 unspecified atom stereocenters. The van der Waals surface area contributed by atoms with Gasteiger partial charge in [-0.25, -0.2) is 0 Å². The van der Waals surface area contributed by atoms with Crippen LogP contribution in [0.4, 0.5) is 0 Å². The highest BCUT2D eigenvalue weighted by atomic mass is 32.1. The lowest BCUT2D eigenvalue weighted by Gasteiger charge is -2.10. The van der Waals surface area contributed by atoms with Crippen LogP contribution in [-0.4, -0.2) is 35.2 Å². The van der Waals surface area contributed by atoms with E-state index in [1.54, 1.807) is 7.11 Å². The van der Waals surface area contributed by atoms with Crippen LogP contribution in [0.1, 0.15) is 30.3 Å². The topological polar surface area (TPSA) is 51.1 Å². The zero-order valence-electron chi connectivity index (χ0n) is 12.2. The van der Waals surface area contributed by atoms with Gasteiger partial charge in [0.05, 0.1) is 5.69 Å². The van der Waals surface area contributed by atoms with E-state index in [1.807, 2.05) is 11.6 Å². The van der Waals surface area contributed by atoms with E-state index in [-0.39, 0.29) is 0 Å². The van der Waals surface area contributed by atoms with Crippen molar-refractivity contribution in [2.75, 3.05) is 20.3 Å². The lowest BCUT2D eigenvalue weighted by atomic mass is 10.2. The molecule has 0 radical (unpaired) electrons. The monoisotopic (exact) mass is 284 g/mol. The van der Waals surface area contributed by atoms with Crippen LogP contribution in [0.3, 0.4) is 0 Å². The second-order valence-electron chi connectivity index (χ2n) is 4.42. The largest absolute Gasteiger partial charge is 0.385 e. The first kappa shape index (κ1) is 15.9. The number of methoxy groups -OCH3 is 1. The second-order valence-corrected chi connectivity index (χ2v) is 4.83. The van der Waals surface area contributed by atoms with Crippen LogP contribution < -0.4 is 10.6 Å². The SMILES string of the molecule is CCn1nc(C)c(CNC(=S)NCCCOC)c1C. The molecule has 1 heterocycles. The summed E-state index contributed by atoms with van der Waals surface area (Å²) in [5.41, 5.74) is 3.49. The van der Waals surface area contributed by atoms with Gasteiger partial charge in [0, 0.05) is 44.6 Å². The predicted molar refractivity (Wildman–Crippen MR) is 81.3 cm³/mol. The first-order valence-electron chi connectivity index (χ1n) is 6.63. The normalized spacial score (nSPS) is 10.5. The van der Waals surface area contributed by atoms with Crippen molar-refractivity contribution >= 4 is 17.3 Å². The van der Waals surface area contributed by atoms with Crippen LogP contribution in [-0.2, 0) is 17.8 Å². The molecule has 2 N–H and O–H groups in total. The summed E-state index contributed by atoms with van der Waals surface area (Å²) in [4.78, 5) is 0. The maximum atomic E-state index is 5.23. The quantitative estimate of drug-likeness (QED) is 0.587. The molecule has 0 aromatic carbocycles. The Kier molecular flexibility index (Phi) is 6.80. The molecule has 6 heteroatoms. The van der Waals surface area contributed by atoms with Crippen LogP contribution in [0.2, 0.25) is 0 Å². The summed E-state index contributed by atoms with van der Waals surface area (Å²) in [7, 11) is 1.70. The molecule has 0 aliphatic heterocycles. The average Bonchev–Trinajstić information content (AvgIpc) is 2.67. The molecule has 0 aliphatic rings. The van der Waals surface area contributed by atoms with E-state index in [9.17, 15) is 0 Å². The van der Waals surface area contributed by atoms with Gasteiger partial charge in [-0.15, -0.1) is 0 Å². The van der Waals surface area contributed by atoms with Gasteiger partial charge >= 0.3 is 0 Å². The molecule has 0 saturated carbocycles. The molecule has 1 aromatic heterocycles. The number of hydrogen-bond donors (Lipinski definition) is 2. The number of aromatic nitrogens is 2. The van der Waals surface area contributed by atoms with Crippen molar-refractivity contribution in [2.24, 2.45) is 0 Å². The van der Waals surface area contributed by atoms with Crippen molar-refractivity contribution in [3.8, 4) is 0 Å². The number of aryl methyl sites for hydroxylation is 2. The minimum absolute atomic E-state index is 0.680. The van der Waals surface area contributed by atoms with Gasteiger partial charge in [0.15, 0.2) is 5.11 Å². The maximum Gasteiger partial charge on any atom is 0.166 e. The van der Waals surface area contributed by atoms with Gasteiger partial charge in [0.25, 0.3) is 0 Å². The highest BCUT2D eigenvalue weighted by Gasteiger charge is 2.10. The molecule has 0 fully saturated rings. The van der Waals surface area contributed by atoms with Crippen molar-refractivity contribution in [1.29, 1.82) is 0 Å². The van der Waals surface area contributed by atoms with E-state index in [2.05, 4.69) is 29.6 Å². The average molecular weight is 284 g/mol. The van der Waals surface area contributed by atoms with Gasteiger partial charge in [-0.3, -0.25) is 4.68 Å². The molecule has 0 spiro atoms. The van der Waals surface area contributed by atoms with Gasteiger partial charge in [-0.05, 0) is 39.4 Å². The fourth-order valence-corrected chi connectivity index (χ4v) is 2.12. The maximum absolute atomic E-state index is 5.23. The smallest absolute Gasteiger partial charge is 0.166 e. The van der Waals surface area contributed by atoms with Crippen molar-refractivity contribution in [1.82, 2.24) is 20.4 Å². The highest BCUT2D eigenvalue weighted by Crippen LogP contribution is 2.12. The molecule has 0 atom stereocenters. The fraction of sp³-hybridized carbons (Fsp3) is 0.692. The summed E-state index contributed by atoms with van der Waals surface area (Å²) in [5.74, 6) is 0. The Hall–Kier alpha value is -1.14. The third kappa shape index (κ3) is 4.80. The Morgan fingerprint density at radius 1 is 1.37 bits per heavy atom. The van der Waals surface area contributed by atoms with Crippen molar-refractivity contribution in [3.05, 3.63) is 17.0 Å². The Balaban J connectivity index is 2.40. The Bertz CT molecular complexity index is 417. The van der Waals surface area contributed by atoms with E-state index < -0.39 is 0 Å². The molecule has 0 saturated heterocycles. The summed E-state index contributed by atoms with van der Waals surface area (Å²) >= 11 is 5.23. The first-order chi connectivity index (χ1) is 9.10. The molecule has 0 aliphatic carbocycles. The van der Waals surface area contributed by atoms with Crippen LogP contribution in [0.15, 0.2) is 0 Å². The van der Waals surface area contributed by atoms with Gasteiger partial charge < -0.3 is 15.4 Å². The van der Waals surface area contributed by atoms with E-state index in [4.69, 9.17) is 17.0 Å². The Morgan fingerprint density at radius 2 is 2.11 bits per heavy atom. The van der Waals surface area contributed by atoms with Crippen molar-refractivity contribution < 1.29 is 4.74 Å². The van der Waals surface area contributed by atoms with Gasteiger partial charge in [0.1, 0.15) is 0 Å². The van der Waals surface area contributed by atoms with Gasteiger partial charge in [0.2, 0.25) is 0 Å². The number of thiocarbonyl (C=S) groups is 1. The van der Waals surface area contributed by atoms with Crippen LogP contribution in [0.5, 0.6) is 0 Å². The van der Waals surface area contributed by atoms with Crippen LogP contribution >= 0.6 is 12.2 Å².